The van der Waals surface area contributed by atoms with Gasteiger partial charge in [0.05, 0.1) is 0 Å². The zero-order chi connectivity index (χ0) is 10.5. The van der Waals surface area contributed by atoms with Crippen LogP contribution in [-0.4, -0.2) is 36.4 Å². The van der Waals surface area contributed by atoms with Gasteiger partial charge in [0.2, 0.25) is 0 Å². The van der Waals surface area contributed by atoms with Gasteiger partial charge in [-0.3, -0.25) is 0 Å². The summed E-state index contributed by atoms with van der Waals surface area (Å²) < 4.78 is 0. The Hall–Kier alpha value is -1.09. The van der Waals surface area contributed by atoms with Crippen LogP contribution in [0.5, 0.6) is 0 Å². The van der Waals surface area contributed by atoms with Crippen LogP contribution >= 0.6 is 0 Å². The minimum absolute atomic E-state index is 0.575. The maximum atomic E-state index is 4.52. The second-order valence-electron chi connectivity index (χ2n) is 4.15. The summed E-state index contributed by atoms with van der Waals surface area (Å²) in [6, 6.07) is 0.575. The van der Waals surface area contributed by atoms with Crippen molar-refractivity contribution < 1.29 is 0 Å². The zero-order valence-corrected chi connectivity index (χ0v) is 9.32. The maximum Gasteiger partial charge on any atom is 0.104 e. The Morgan fingerprint density at radius 3 is 3.27 bits per heavy atom. The molecule has 0 aromatic rings. The minimum atomic E-state index is 0.575. The van der Waals surface area contributed by atoms with E-state index in [2.05, 4.69) is 34.3 Å². The summed E-state index contributed by atoms with van der Waals surface area (Å²) in [6.45, 7) is 5.46. The predicted molar refractivity (Wildman–Crippen MR) is 64.0 cm³/mol. The third-order valence-electron chi connectivity index (χ3n) is 2.83. The lowest BCUT2D eigenvalue weighted by molar-refractivity contribution is 0.299. The van der Waals surface area contributed by atoms with Gasteiger partial charge in [0.15, 0.2) is 0 Å². The molecular weight excluding hydrogens is 186 g/mol. The monoisotopic (exact) mass is 205 g/mol. The lowest BCUT2D eigenvalue weighted by Gasteiger charge is -2.34. The van der Waals surface area contributed by atoms with Gasteiger partial charge in [0, 0.05) is 38.3 Å². The Labute approximate surface area is 91.6 Å². The summed E-state index contributed by atoms with van der Waals surface area (Å²) in [5.74, 6) is 1.24. The second-order valence-corrected chi connectivity index (χ2v) is 4.15. The highest BCUT2D eigenvalue weighted by molar-refractivity contribution is 5.83. The van der Waals surface area contributed by atoms with E-state index in [1.165, 1.54) is 5.84 Å². The summed E-state index contributed by atoms with van der Waals surface area (Å²) in [5.41, 5.74) is 0. The molecule has 2 heterocycles. The molecule has 0 aliphatic carbocycles. The maximum absolute atomic E-state index is 4.52. The molecular formula is C12H19N3. The number of nitrogens with zero attached hydrogens (tertiary/aromatic N) is 2. The van der Waals surface area contributed by atoms with Gasteiger partial charge in [-0.15, -0.1) is 0 Å². The van der Waals surface area contributed by atoms with E-state index in [1.54, 1.807) is 0 Å². The lowest BCUT2D eigenvalue weighted by atomic mass is 10.2. The number of rotatable bonds is 0. The van der Waals surface area contributed by atoms with Crippen LogP contribution in [0.15, 0.2) is 29.4 Å². The third kappa shape index (κ3) is 2.93. The van der Waals surface area contributed by atoms with Crippen molar-refractivity contribution in [2.24, 2.45) is 4.99 Å². The summed E-state index contributed by atoms with van der Waals surface area (Å²) in [7, 11) is 0. The van der Waals surface area contributed by atoms with E-state index >= 15 is 0 Å². The number of allylic oxidation sites excluding steroid dienone is 3. The van der Waals surface area contributed by atoms with E-state index in [4.69, 9.17) is 0 Å². The number of amidine groups is 1. The van der Waals surface area contributed by atoms with Gasteiger partial charge in [0.1, 0.15) is 5.84 Å². The molecule has 2 rings (SSSR count). The standard InChI is InChI=1S/C12H19N3/c1-11-10-15(9-8-13-11)12-6-4-2-3-5-7-14-12/h2-3,5,7,11,13H,4,6,8-10H2,1H3. The van der Waals surface area contributed by atoms with Crippen LogP contribution in [0.1, 0.15) is 19.8 Å². The molecule has 1 saturated heterocycles. The molecule has 0 radical (unpaired) electrons. The molecule has 1 N–H and O–H groups in total. The van der Waals surface area contributed by atoms with Crippen LogP contribution in [0, 0.1) is 0 Å². The second kappa shape index (κ2) is 5.12. The highest BCUT2D eigenvalue weighted by Crippen LogP contribution is 2.08. The molecule has 0 amide bonds. The molecule has 1 atom stereocenters. The van der Waals surface area contributed by atoms with Crippen LogP contribution in [0.4, 0.5) is 0 Å². The van der Waals surface area contributed by atoms with Crippen molar-refractivity contribution in [2.45, 2.75) is 25.8 Å². The molecule has 0 aromatic carbocycles. The Morgan fingerprint density at radius 1 is 1.47 bits per heavy atom. The summed E-state index contributed by atoms with van der Waals surface area (Å²) >= 11 is 0. The Bertz CT molecular complexity index is 291. The largest absolute Gasteiger partial charge is 0.357 e. The predicted octanol–water partition coefficient (Wildman–Crippen LogP) is 1.54. The normalized spacial score (nSPS) is 27.1. The molecule has 0 aromatic heterocycles. The highest BCUT2D eigenvalue weighted by Gasteiger charge is 2.18. The van der Waals surface area contributed by atoms with Gasteiger partial charge in [-0.2, -0.15) is 0 Å². The van der Waals surface area contributed by atoms with Crippen molar-refractivity contribution in [1.29, 1.82) is 0 Å². The minimum Gasteiger partial charge on any atom is -0.357 e. The van der Waals surface area contributed by atoms with E-state index in [0.717, 1.165) is 32.5 Å². The van der Waals surface area contributed by atoms with Crippen LogP contribution in [0.2, 0.25) is 0 Å². The highest BCUT2D eigenvalue weighted by atomic mass is 15.2. The lowest BCUT2D eigenvalue weighted by Crippen LogP contribution is -2.51. The molecule has 3 heteroatoms. The number of hydrogen-bond acceptors (Lipinski definition) is 3. The van der Waals surface area contributed by atoms with Crippen LogP contribution < -0.4 is 5.32 Å². The first-order valence-corrected chi connectivity index (χ1v) is 5.73. The van der Waals surface area contributed by atoms with Gasteiger partial charge in [-0.25, -0.2) is 4.99 Å². The SMILES string of the molecule is CC1CN(C2=NC=CC=CCC2)CCN1. The molecule has 0 bridgehead atoms. The molecule has 2 aliphatic rings. The molecule has 0 saturated carbocycles. The number of nitrogens with one attached hydrogen (secondary N) is 1. The molecule has 15 heavy (non-hydrogen) atoms. The molecule has 82 valence electrons. The van der Waals surface area contributed by atoms with Gasteiger partial charge < -0.3 is 10.2 Å². The average Bonchev–Trinajstić information content (AvgIpc) is 2.16. The first-order valence-electron chi connectivity index (χ1n) is 5.73. The molecule has 3 nitrogen and oxygen atoms in total. The van der Waals surface area contributed by atoms with E-state index in [9.17, 15) is 0 Å². The molecule has 1 fully saturated rings. The summed E-state index contributed by atoms with van der Waals surface area (Å²) in [4.78, 5) is 6.93. The fourth-order valence-electron chi connectivity index (χ4n) is 2.04. The van der Waals surface area contributed by atoms with E-state index in [-0.39, 0.29) is 0 Å². The number of piperazine rings is 1. The number of aliphatic imine (C=N–C) groups is 1. The van der Waals surface area contributed by atoms with Crippen molar-refractivity contribution in [3.63, 3.8) is 0 Å². The van der Waals surface area contributed by atoms with E-state index in [0.29, 0.717) is 6.04 Å². The summed E-state index contributed by atoms with van der Waals surface area (Å²) in [5, 5.41) is 3.45. The van der Waals surface area contributed by atoms with Crippen molar-refractivity contribution in [2.75, 3.05) is 19.6 Å². The van der Waals surface area contributed by atoms with E-state index < -0.39 is 0 Å². The van der Waals surface area contributed by atoms with Crippen molar-refractivity contribution in [1.82, 2.24) is 10.2 Å². The van der Waals surface area contributed by atoms with Crippen molar-refractivity contribution in [3.05, 3.63) is 24.4 Å². The fourth-order valence-corrected chi connectivity index (χ4v) is 2.04. The Balaban J connectivity index is 2.02. The number of hydrogen-bond donors (Lipinski definition) is 1. The topological polar surface area (TPSA) is 27.6 Å². The van der Waals surface area contributed by atoms with Crippen molar-refractivity contribution >= 4 is 5.84 Å². The van der Waals surface area contributed by atoms with Gasteiger partial charge in [-0.1, -0.05) is 12.2 Å². The average molecular weight is 205 g/mol. The van der Waals surface area contributed by atoms with Crippen LogP contribution in [-0.2, 0) is 0 Å². The van der Waals surface area contributed by atoms with Crippen molar-refractivity contribution in [3.8, 4) is 0 Å². The van der Waals surface area contributed by atoms with Crippen LogP contribution in [0.3, 0.4) is 0 Å². The zero-order valence-electron chi connectivity index (χ0n) is 9.32. The first-order chi connectivity index (χ1) is 7.36. The van der Waals surface area contributed by atoms with Gasteiger partial charge >= 0.3 is 0 Å². The van der Waals surface area contributed by atoms with Gasteiger partial charge in [-0.05, 0) is 19.4 Å². The quantitative estimate of drug-likeness (QED) is 0.649. The molecule has 2 aliphatic heterocycles. The van der Waals surface area contributed by atoms with E-state index in [1.807, 2.05) is 12.3 Å². The Kier molecular flexibility index (Phi) is 3.56. The fraction of sp³-hybridized carbons (Fsp3) is 0.583. The first kappa shape index (κ1) is 10.4. The summed E-state index contributed by atoms with van der Waals surface area (Å²) in [6.07, 6.45) is 10.3. The van der Waals surface area contributed by atoms with Gasteiger partial charge in [0.25, 0.3) is 0 Å². The molecule has 0 spiro atoms. The smallest absolute Gasteiger partial charge is 0.104 e. The van der Waals surface area contributed by atoms with Crippen LogP contribution in [0.25, 0.3) is 0 Å². The molecule has 1 unspecified atom stereocenters. The third-order valence-corrected chi connectivity index (χ3v) is 2.83. The Morgan fingerprint density at radius 2 is 2.40 bits per heavy atom.